The summed E-state index contributed by atoms with van der Waals surface area (Å²) < 4.78 is 34.4. The van der Waals surface area contributed by atoms with Gasteiger partial charge in [-0.05, 0) is 103 Å². The minimum atomic E-state index is -1.99. The van der Waals surface area contributed by atoms with Gasteiger partial charge in [-0.3, -0.25) is 4.79 Å². The highest BCUT2D eigenvalue weighted by molar-refractivity contribution is 5.76. The van der Waals surface area contributed by atoms with Crippen LogP contribution >= 0.6 is 0 Å². The van der Waals surface area contributed by atoms with E-state index in [4.69, 9.17) is 28.4 Å². The quantitative estimate of drug-likeness (QED) is 0.0199. The van der Waals surface area contributed by atoms with E-state index in [2.05, 4.69) is 129 Å². The molecule has 1 amide bonds. The normalized spacial score (nSPS) is 27.6. The number of unbranched alkanes of at least 4 members (excludes halogenated alkanes) is 22. The van der Waals surface area contributed by atoms with Gasteiger partial charge in [0.2, 0.25) is 5.91 Å². The van der Waals surface area contributed by atoms with Crippen LogP contribution in [0.4, 0.5) is 0 Å². The summed E-state index contributed by atoms with van der Waals surface area (Å²) in [6.45, 7) is 1.58. The molecule has 19 heteroatoms. The van der Waals surface area contributed by atoms with Gasteiger partial charge in [0.1, 0.15) is 73.2 Å². The van der Waals surface area contributed by atoms with Crippen molar-refractivity contribution in [3.05, 3.63) is 122 Å². The fraction of sp³-hybridized carbons (Fsp3) is 0.731. The zero-order valence-corrected chi connectivity index (χ0v) is 59.0. The Balaban J connectivity index is 1.44. The lowest BCUT2D eigenvalue weighted by atomic mass is 9.96. The van der Waals surface area contributed by atoms with E-state index in [0.29, 0.717) is 12.8 Å². The second-order valence-electron chi connectivity index (χ2n) is 26.0. The molecular weight excluding hydrogens is 1240 g/mol. The predicted molar refractivity (Wildman–Crippen MR) is 383 cm³/mol. The first-order valence-corrected chi connectivity index (χ1v) is 37.3. The number of hydrogen-bond acceptors (Lipinski definition) is 18. The van der Waals surface area contributed by atoms with Crippen LogP contribution in [-0.2, 0) is 33.2 Å². The smallest absolute Gasteiger partial charge is 0.220 e. The fourth-order valence-corrected chi connectivity index (χ4v) is 11.7. The maximum absolute atomic E-state index is 13.4. The number of ether oxygens (including phenoxy) is 6. The standard InChI is InChI=1S/C78H131NO18/c1-3-5-7-9-11-13-15-17-19-21-23-25-27-28-29-30-31-32-34-36-38-40-42-44-46-48-50-52-54-56-66(84)79-61(62(83)55-53-51-49-47-45-43-41-39-37-35-33-26-24-22-20-18-16-14-12-10-8-6-4-2)60-92-76-72(90)69(87)74(64(58-81)94-76)97-78-73(91)70(88)75(65(59-82)95-78)96-77-71(89)68(86)67(85)63(57-80)93-77/h5,7,11,13,17,19,23,25,28-29,31-32,36-39,45,47,53,55,61-65,67-78,80-83,85-91H,3-4,6,8-10,12,14-16,18,20-22,24,26-27,30,33-35,40-44,46,48-52,54,56-60H2,1-2H3,(H,79,84)/b7-5-,13-11-,19-17-,25-23-,29-28-,32-31-,38-36-,39-37+,47-45+,55-53+. The molecule has 12 N–H and O–H groups in total. The first-order chi connectivity index (χ1) is 47.3. The number of aliphatic hydroxyl groups is 11. The molecule has 3 aliphatic rings. The molecule has 0 saturated carbocycles. The molecule has 3 heterocycles. The third-order valence-corrected chi connectivity index (χ3v) is 17.7. The van der Waals surface area contributed by atoms with Gasteiger partial charge < -0.3 is 89.9 Å². The second kappa shape index (κ2) is 57.8. The third-order valence-electron chi connectivity index (χ3n) is 17.7. The molecule has 97 heavy (non-hydrogen) atoms. The van der Waals surface area contributed by atoms with E-state index in [9.17, 15) is 61.0 Å². The molecule has 3 aliphatic heterocycles. The Labute approximate surface area is 582 Å². The maximum atomic E-state index is 13.4. The third kappa shape index (κ3) is 38.7. The number of aliphatic hydroxyl groups excluding tert-OH is 11. The van der Waals surface area contributed by atoms with Crippen molar-refractivity contribution in [2.24, 2.45) is 0 Å². The minimum absolute atomic E-state index is 0.211. The lowest BCUT2D eigenvalue weighted by molar-refractivity contribution is -0.379. The fourth-order valence-electron chi connectivity index (χ4n) is 11.7. The highest BCUT2D eigenvalue weighted by Crippen LogP contribution is 2.33. The molecule has 17 atom stereocenters. The van der Waals surface area contributed by atoms with Crippen LogP contribution in [-0.4, -0.2) is 193 Å². The Morgan fingerprint density at radius 3 is 1.15 bits per heavy atom. The first-order valence-electron chi connectivity index (χ1n) is 37.3. The van der Waals surface area contributed by atoms with Crippen LogP contribution in [0.2, 0.25) is 0 Å². The highest BCUT2D eigenvalue weighted by Gasteiger charge is 2.53. The van der Waals surface area contributed by atoms with Crippen LogP contribution in [0.3, 0.4) is 0 Å². The van der Waals surface area contributed by atoms with Gasteiger partial charge >= 0.3 is 0 Å². The van der Waals surface area contributed by atoms with E-state index >= 15 is 0 Å². The van der Waals surface area contributed by atoms with Crippen molar-refractivity contribution in [3.8, 4) is 0 Å². The van der Waals surface area contributed by atoms with E-state index in [1.54, 1.807) is 6.08 Å². The zero-order valence-electron chi connectivity index (χ0n) is 59.0. The molecule has 0 bridgehead atoms. The van der Waals surface area contributed by atoms with Gasteiger partial charge in [-0.2, -0.15) is 0 Å². The van der Waals surface area contributed by atoms with Gasteiger partial charge in [0, 0.05) is 6.42 Å². The van der Waals surface area contributed by atoms with E-state index in [1.807, 2.05) is 6.08 Å². The van der Waals surface area contributed by atoms with Gasteiger partial charge in [-0.25, -0.2) is 0 Å². The predicted octanol–water partition coefficient (Wildman–Crippen LogP) is 11.2. The van der Waals surface area contributed by atoms with E-state index in [0.717, 1.165) is 116 Å². The average molecular weight is 1370 g/mol. The molecule has 19 nitrogen and oxygen atoms in total. The van der Waals surface area contributed by atoms with Crippen LogP contribution < -0.4 is 5.32 Å². The molecule has 3 fully saturated rings. The number of nitrogens with one attached hydrogen (secondary N) is 1. The Kier molecular flexibility index (Phi) is 52.1. The number of carbonyl (C=O) groups is 1. The van der Waals surface area contributed by atoms with Crippen LogP contribution in [0.5, 0.6) is 0 Å². The van der Waals surface area contributed by atoms with Crippen molar-refractivity contribution in [1.29, 1.82) is 0 Å². The summed E-state index contributed by atoms with van der Waals surface area (Å²) in [4.78, 5) is 13.4. The zero-order chi connectivity index (χ0) is 70.4. The number of rotatable bonds is 56. The summed E-state index contributed by atoms with van der Waals surface area (Å²) in [6, 6.07) is -1.01. The summed E-state index contributed by atoms with van der Waals surface area (Å²) in [5.74, 6) is -0.305. The first kappa shape index (κ1) is 87.4. The highest BCUT2D eigenvalue weighted by atomic mass is 16.8. The van der Waals surface area contributed by atoms with Gasteiger partial charge in [0.25, 0.3) is 0 Å². The lowest BCUT2D eigenvalue weighted by Gasteiger charge is -2.48. The molecule has 0 aromatic heterocycles. The number of allylic oxidation sites excluding steroid dienone is 19. The Morgan fingerprint density at radius 1 is 0.381 bits per heavy atom. The molecule has 17 unspecified atom stereocenters. The lowest BCUT2D eigenvalue weighted by Crippen LogP contribution is -2.66. The van der Waals surface area contributed by atoms with E-state index < -0.39 is 124 Å². The Bertz CT molecular complexity index is 2230. The molecule has 0 aliphatic carbocycles. The summed E-state index contributed by atoms with van der Waals surface area (Å²) in [7, 11) is 0. The van der Waals surface area contributed by atoms with Gasteiger partial charge in [0.15, 0.2) is 18.9 Å². The molecule has 0 spiro atoms. The SMILES string of the molecule is CC/C=C\C/C=C\C/C=C\C/C=C\C/C=C\C/C=C\C/C=C\CCCCCCCCCC(=O)NC(COC1OC(CO)C(OC2OC(CO)C(OC3OC(CO)C(O)C(O)C3O)C(O)C2O)C(O)C1O)C(O)/C=C/CC/C=C/CC/C=C/CCCCCCCCCCCCCCC. The van der Waals surface area contributed by atoms with Crippen LogP contribution in [0.25, 0.3) is 0 Å². The van der Waals surface area contributed by atoms with Gasteiger partial charge in [-0.15, -0.1) is 0 Å². The van der Waals surface area contributed by atoms with E-state index in [1.165, 1.54) is 83.5 Å². The van der Waals surface area contributed by atoms with Crippen molar-refractivity contribution < 1.29 is 89.4 Å². The van der Waals surface area contributed by atoms with Crippen molar-refractivity contribution in [2.45, 2.75) is 336 Å². The summed E-state index contributed by atoms with van der Waals surface area (Å²) in [6.07, 6.45) is 53.1. The largest absolute Gasteiger partial charge is 0.394 e. The Hall–Kier alpha value is -3.81. The molecular formula is C78H131NO18. The minimum Gasteiger partial charge on any atom is -0.394 e. The van der Waals surface area contributed by atoms with Crippen LogP contribution in [0, 0.1) is 0 Å². The number of amides is 1. The van der Waals surface area contributed by atoms with Crippen molar-refractivity contribution in [1.82, 2.24) is 5.32 Å². The summed E-state index contributed by atoms with van der Waals surface area (Å²) in [5.41, 5.74) is 0. The molecule has 556 valence electrons. The van der Waals surface area contributed by atoms with Crippen molar-refractivity contribution in [2.75, 3.05) is 26.4 Å². The maximum Gasteiger partial charge on any atom is 0.220 e. The van der Waals surface area contributed by atoms with Gasteiger partial charge in [-0.1, -0.05) is 245 Å². The average Bonchev–Trinajstić information content (AvgIpc) is 0.789. The second-order valence-corrected chi connectivity index (χ2v) is 26.0. The van der Waals surface area contributed by atoms with E-state index in [-0.39, 0.29) is 18.9 Å². The molecule has 0 aromatic rings. The number of hydrogen-bond donors (Lipinski definition) is 12. The van der Waals surface area contributed by atoms with Crippen molar-refractivity contribution >= 4 is 5.91 Å². The summed E-state index contributed by atoms with van der Waals surface area (Å²) >= 11 is 0. The van der Waals surface area contributed by atoms with Crippen LogP contribution in [0.1, 0.15) is 232 Å². The molecule has 0 radical (unpaired) electrons. The van der Waals surface area contributed by atoms with Gasteiger partial charge in [0.05, 0.1) is 38.6 Å². The monoisotopic (exact) mass is 1370 g/mol. The molecule has 3 rings (SSSR count). The Morgan fingerprint density at radius 2 is 0.722 bits per heavy atom. The molecule has 3 saturated heterocycles. The summed E-state index contributed by atoms with van der Waals surface area (Å²) in [5, 5.41) is 121. The van der Waals surface area contributed by atoms with Crippen LogP contribution in [0.15, 0.2) is 122 Å². The topological polar surface area (TPSA) is 307 Å². The number of carbonyl (C=O) groups excluding carboxylic acids is 1. The molecule has 0 aromatic carbocycles. The van der Waals surface area contributed by atoms with Crippen molar-refractivity contribution in [3.63, 3.8) is 0 Å².